The van der Waals surface area contributed by atoms with Crippen LogP contribution in [0.15, 0.2) is 36.4 Å². The molecule has 2 aromatic carbocycles. The first-order valence-corrected chi connectivity index (χ1v) is 9.75. The third kappa shape index (κ3) is 4.23. The Hall–Kier alpha value is -1.81. The van der Waals surface area contributed by atoms with E-state index in [1.165, 1.54) is 24.3 Å². The summed E-state index contributed by atoms with van der Waals surface area (Å²) in [6.07, 6.45) is -4.21. The minimum absolute atomic E-state index is 0.0306. The number of nitriles is 1. The number of benzene rings is 2. The molecule has 0 saturated heterocycles. The predicted molar refractivity (Wildman–Crippen MR) is 102 cm³/mol. The Morgan fingerprint density at radius 1 is 1.10 bits per heavy atom. The van der Waals surface area contributed by atoms with Gasteiger partial charge in [-0.05, 0) is 60.2 Å². The number of alkyl halides is 3. The zero-order valence-electron chi connectivity index (χ0n) is 15.1. The van der Waals surface area contributed by atoms with Gasteiger partial charge < -0.3 is 5.11 Å². The highest BCUT2D eigenvalue weighted by Gasteiger charge is 2.61. The molecule has 1 fully saturated rings. The largest absolute Gasteiger partial charge is 0.418 e. The summed E-state index contributed by atoms with van der Waals surface area (Å²) in [6.45, 7) is 0. The van der Waals surface area contributed by atoms with Crippen molar-refractivity contribution >= 4 is 23.2 Å². The second-order valence-electron chi connectivity index (χ2n) is 7.35. The monoisotopic (exact) mass is 445 g/mol. The molecule has 8 heteroatoms. The van der Waals surface area contributed by atoms with Crippen molar-refractivity contribution in [3.63, 3.8) is 0 Å². The van der Waals surface area contributed by atoms with Crippen LogP contribution in [0.2, 0.25) is 10.0 Å². The van der Waals surface area contributed by atoms with Crippen molar-refractivity contribution in [3.05, 3.63) is 69.0 Å². The molecular weight excluding hydrogens is 429 g/mol. The molecule has 2 atom stereocenters. The van der Waals surface area contributed by atoms with Crippen LogP contribution in [-0.4, -0.2) is 16.9 Å². The van der Waals surface area contributed by atoms with E-state index in [4.69, 9.17) is 28.5 Å². The van der Waals surface area contributed by atoms with E-state index in [2.05, 4.69) is 0 Å². The first kappa shape index (κ1) is 21.9. The maximum Gasteiger partial charge on any atom is 0.418 e. The van der Waals surface area contributed by atoms with E-state index < -0.39 is 35.9 Å². The first-order chi connectivity index (χ1) is 13.6. The lowest BCUT2D eigenvalue weighted by Crippen LogP contribution is -2.55. The van der Waals surface area contributed by atoms with Crippen molar-refractivity contribution in [2.45, 2.75) is 43.4 Å². The zero-order valence-corrected chi connectivity index (χ0v) is 16.6. The molecule has 2 unspecified atom stereocenters. The Bertz CT molecular complexity index is 953. The second-order valence-corrected chi connectivity index (χ2v) is 8.17. The van der Waals surface area contributed by atoms with Crippen LogP contribution in [0.1, 0.15) is 41.9 Å². The molecule has 0 heterocycles. The lowest BCUT2D eigenvalue weighted by Gasteiger charge is -2.45. The van der Waals surface area contributed by atoms with Crippen molar-refractivity contribution in [1.82, 2.24) is 0 Å². The summed E-state index contributed by atoms with van der Waals surface area (Å²) in [6, 6.07) is 8.96. The van der Waals surface area contributed by atoms with Gasteiger partial charge in [0.1, 0.15) is 5.82 Å². The Kier molecular flexibility index (Phi) is 6.14. The highest BCUT2D eigenvalue weighted by molar-refractivity contribution is 6.31. The van der Waals surface area contributed by atoms with Gasteiger partial charge in [-0.1, -0.05) is 35.7 Å². The van der Waals surface area contributed by atoms with Gasteiger partial charge in [0.05, 0.1) is 11.6 Å². The van der Waals surface area contributed by atoms with Gasteiger partial charge in [-0.2, -0.15) is 18.4 Å². The van der Waals surface area contributed by atoms with Crippen LogP contribution in [-0.2, 0) is 6.42 Å². The molecule has 0 spiro atoms. The zero-order chi connectivity index (χ0) is 21.4. The quantitative estimate of drug-likeness (QED) is 0.539. The summed E-state index contributed by atoms with van der Waals surface area (Å²) in [5.41, 5.74) is -3.05. The summed E-state index contributed by atoms with van der Waals surface area (Å²) in [5.74, 6) is -2.68. The number of hydrogen-bond donors (Lipinski definition) is 1. The van der Waals surface area contributed by atoms with E-state index in [1.807, 2.05) is 6.07 Å². The van der Waals surface area contributed by atoms with Crippen LogP contribution in [0.3, 0.4) is 0 Å². The fourth-order valence-corrected chi connectivity index (χ4v) is 4.35. The third-order valence-corrected chi connectivity index (χ3v) is 6.26. The maximum absolute atomic E-state index is 14.3. The highest BCUT2D eigenvalue weighted by Crippen LogP contribution is 2.53. The van der Waals surface area contributed by atoms with E-state index in [-0.39, 0.29) is 26.7 Å². The third-order valence-electron chi connectivity index (χ3n) is 5.56. The van der Waals surface area contributed by atoms with Gasteiger partial charge >= 0.3 is 6.18 Å². The maximum atomic E-state index is 14.3. The van der Waals surface area contributed by atoms with Gasteiger partial charge in [-0.3, -0.25) is 0 Å². The van der Waals surface area contributed by atoms with Gasteiger partial charge in [0.2, 0.25) is 0 Å². The van der Waals surface area contributed by atoms with E-state index in [1.54, 1.807) is 0 Å². The van der Waals surface area contributed by atoms with Crippen LogP contribution in [0.4, 0.5) is 17.6 Å². The van der Waals surface area contributed by atoms with Crippen LogP contribution < -0.4 is 0 Å². The Labute approximate surface area is 175 Å². The molecule has 1 aliphatic carbocycles. The summed E-state index contributed by atoms with van der Waals surface area (Å²) in [4.78, 5) is 0. The average molecular weight is 446 g/mol. The first-order valence-electron chi connectivity index (χ1n) is 8.99. The molecule has 0 amide bonds. The summed E-state index contributed by atoms with van der Waals surface area (Å²) in [7, 11) is 0. The normalized spacial score (nSPS) is 17.9. The summed E-state index contributed by atoms with van der Waals surface area (Å²) >= 11 is 12.2. The molecule has 1 aliphatic rings. The minimum atomic E-state index is -5.03. The Morgan fingerprint density at radius 2 is 1.79 bits per heavy atom. The SMILES string of the molecule is N#Cc1ccc(CC(O)(C(c2cc(F)ccc2Cl)C2CCC2)C(F)(F)F)c(Cl)c1. The second kappa shape index (κ2) is 8.14. The minimum Gasteiger partial charge on any atom is -0.380 e. The molecule has 29 heavy (non-hydrogen) atoms. The number of nitrogens with zero attached hydrogens (tertiary/aromatic N) is 1. The van der Waals surface area contributed by atoms with Crippen molar-refractivity contribution in [3.8, 4) is 6.07 Å². The molecule has 1 saturated carbocycles. The fraction of sp³-hybridized carbons (Fsp3) is 0.381. The summed E-state index contributed by atoms with van der Waals surface area (Å²) < 4.78 is 56.7. The number of aliphatic hydroxyl groups is 1. The molecule has 3 rings (SSSR count). The van der Waals surface area contributed by atoms with Crippen molar-refractivity contribution in [2.24, 2.45) is 5.92 Å². The van der Waals surface area contributed by atoms with E-state index >= 15 is 0 Å². The lowest BCUT2D eigenvalue weighted by atomic mass is 9.64. The molecule has 2 aromatic rings. The number of hydrogen-bond acceptors (Lipinski definition) is 2. The Balaban J connectivity index is 2.14. The van der Waals surface area contributed by atoms with Crippen LogP contribution in [0, 0.1) is 23.1 Å². The van der Waals surface area contributed by atoms with Crippen LogP contribution in [0.25, 0.3) is 0 Å². The molecule has 0 aromatic heterocycles. The molecule has 1 N–H and O–H groups in total. The van der Waals surface area contributed by atoms with E-state index in [0.29, 0.717) is 12.8 Å². The molecular formula is C21H17Cl2F4NO. The fourth-order valence-electron chi connectivity index (χ4n) is 3.86. The van der Waals surface area contributed by atoms with Crippen LogP contribution in [0.5, 0.6) is 0 Å². The van der Waals surface area contributed by atoms with Crippen molar-refractivity contribution in [2.75, 3.05) is 0 Å². The molecule has 0 bridgehead atoms. The van der Waals surface area contributed by atoms with Gasteiger partial charge in [0.15, 0.2) is 5.60 Å². The molecule has 0 aliphatic heterocycles. The lowest BCUT2D eigenvalue weighted by molar-refractivity contribution is -0.275. The van der Waals surface area contributed by atoms with Crippen LogP contribution >= 0.6 is 23.2 Å². The Morgan fingerprint density at radius 3 is 2.31 bits per heavy atom. The van der Waals surface area contributed by atoms with Gasteiger partial charge in [-0.25, -0.2) is 4.39 Å². The molecule has 154 valence electrons. The molecule has 0 radical (unpaired) electrons. The average Bonchev–Trinajstić information content (AvgIpc) is 2.60. The van der Waals surface area contributed by atoms with Gasteiger partial charge in [0, 0.05) is 22.4 Å². The molecule has 2 nitrogen and oxygen atoms in total. The smallest absolute Gasteiger partial charge is 0.380 e. The van der Waals surface area contributed by atoms with E-state index in [9.17, 15) is 22.7 Å². The van der Waals surface area contributed by atoms with Gasteiger partial charge in [-0.15, -0.1) is 0 Å². The topological polar surface area (TPSA) is 44.0 Å². The van der Waals surface area contributed by atoms with Gasteiger partial charge in [0.25, 0.3) is 0 Å². The van der Waals surface area contributed by atoms with Crippen molar-refractivity contribution < 1.29 is 22.7 Å². The number of rotatable bonds is 5. The standard InChI is InChI=1S/C21H17Cl2F4NO/c22-17-7-6-15(24)9-16(17)19(13-2-1-3-13)20(29,21(25,26)27)10-14-5-4-12(11-28)8-18(14)23/h4-9,13,19,29H,1-3,10H2. The van der Waals surface area contributed by atoms with Crippen molar-refractivity contribution in [1.29, 1.82) is 5.26 Å². The van der Waals surface area contributed by atoms with E-state index in [0.717, 1.165) is 18.6 Å². The summed E-state index contributed by atoms with van der Waals surface area (Å²) in [5, 5.41) is 19.9. The predicted octanol–water partition coefficient (Wildman–Crippen LogP) is 6.42. The highest BCUT2D eigenvalue weighted by atomic mass is 35.5. The number of halogens is 6.